The van der Waals surface area contributed by atoms with Crippen LogP contribution in [-0.2, 0) is 19.6 Å². The van der Waals surface area contributed by atoms with Crippen LogP contribution < -0.4 is 4.72 Å². The Balaban J connectivity index is 1.32. The summed E-state index contributed by atoms with van der Waals surface area (Å²) in [5.41, 5.74) is 0. The molecule has 0 saturated carbocycles. The Morgan fingerprint density at radius 3 is 2.74 bits per heavy atom. The number of piperidine rings is 1. The molecule has 2 unspecified atom stereocenters. The van der Waals surface area contributed by atoms with Gasteiger partial charge in [0, 0.05) is 49.1 Å². The maximum Gasteiger partial charge on any atom is 0.242 e. The van der Waals surface area contributed by atoms with Gasteiger partial charge >= 0.3 is 0 Å². The van der Waals surface area contributed by atoms with E-state index >= 15 is 0 Å². The molecule has 4 rings (SSSR count). The zero-order valence-electron chi connectivity index (χ0n) is 19.1. The van der Waals surface area contributed by atoms with Crippen LogP contribution in [0.5, 0.6) is 0 Å². The fraction of sp³-hybridized carbons (Fsp3) is 0.565. The Hall–Kier alpha value is -1.72. The average molecular weight is 527 g/mol. The number of likely N-dealkylation sites (tertiary alicyclic amines) is 2. The molecule has 2 amide bonds. The molecule has 186 valence electrons. The summed E-state index contributed by atoms with van der Waals surface area (Å²) >= 11 is 7.15. The Kier molecular flexibility index (Phi) is 8.47. The fourth-order valence-electron chi connectivity index (χ4n) is 4.78. The summed E-state index contributed by atoms with van der Waals surface area (Å²) in [6.45, 7) is 3.95. The summed E-state index contributed by atoms with van der Waals surface area (Å²) in [6, 6.07) is 2.73. The summed E-state index contributed by atoms with van der Waals surface area (Å²) in [4.78, 5) is 32.6. The number of hydrogen-bond donors (Lipinski definition) is 1. The quantitative estimate of drug-likeness (QED) is 0.526. The van der Waals surface area contributed by atoms with Gasteiger partial charge < -0.3 is 9.80 Å². The van der Waals surface area contributed by atoms with E-state index in [2.05, 4.69) is 21.8 Å². The number of nitrogens with one attached hydrogen (secondary N) is 1. The number of carbonyl (C=O) groups excluding carboxylic acids is 2. The third-order valence-corrected chi connectivity index (χ3v) is 8.78. The van der Waals surface area contributed by atoms with Gasteiger partial charge in [0.15, 0.2) is 0 Å². The molecule has 0 spiro atoms. The maximum atomic E-state index is 13.1. The average Bonchev–Trinajstić information content (AvgIpc) is 3.44. The number of hydrogen-bond acceptors (Lipinski definition) is 6. The van der Waals surface area contributed by atoms with Gasteiger partial charge in [-0.3, -0.25) is 14.5 Å². The molecule has 0 aliphatic carbocycles. The molecule has 34 heavy (non-hydrogen) atoms. The molecule has 0 radical (unpaired) electrons. The summed E-state index contributed by atoms with van der Waals surface area (Å²) in [7, 11) is -3.82. The van der Waals surface area contributed by atoms with Gasteiger partial charge in [0.1, 0.15) is 6.04 Å². The number of amides is 2. The topological polar surface area (TPSA) is 90.0 Å². The minimum absolute atomic E-state index is 0.00298. The van der Waals surface area contributed by atoms with Crippen molar-refractivity contribution >= 4 is 50.9 Å². The molecule has 11 heteroatoms. The van der Waals surface area contributed by atoms with Crippen LogP contribution in [0.1, 0.15) is 37.0 Å². The monoisotopic (exact) mass is 526 g/mol. The summed E-state index contributed by atoms with van der Waals surface area (Å²) < 4.78 is 28.1. The van der Waals surface area contributed by atoms with Crippen LogP contribution in [0.4, 0.5) is 0 Å². The van der Waals surface area contributed by atoms with Crippen LogP contribution in [0.3, 0.4) is 0 Å². The molecule has 0 aromatic carbocycles. The normalized spacial score (nSPS) is 24.4. The van der Waals surface area contributed by atoms with Gasteiger partial charge in [-0.1, -0.05) is 23.8 Å². The number of sulfonamides is 1. The number of nitrogens with zero attached hydrogens (tertiary/aromatic N) is 3. The van der Waals surface area contributed by atoms with E-state index in [0.29, 0.717) is 35.1 Å². The smallest absolute Gasteiger partial charge is 0.242 e. The lowest BCUT2D eigenvalue weighted by molar-refractivity contribution is -0.143. The zero-order valence-corrected chi connectivity index (χ0v) is 21.5. The molecule has 0 bridgehead atoms. The van der Waals surface area contributed by atoms with E-state index < -0.39 is 16.1 Å². The third-order valence-electron chi connectivity index (χ3n) is 6.48. The highest BCUT2D eigenvalue weighted by molar-refractivity contribution is 7.92. The van der Waals surface area contributed by atoms with Gasteiger partial charge in [-0.25, -0.2) is 8.42 Å². The Bertz CT molecular complexity index is 1060. The Labute approximate surface area is 210 Å². The number of halogens is 1. The van der Waals surface area contributed by atoms with Crippen molar-refractivity contribution in [2.75, 3.05) is 39.3 Å². The van der Waals surface area contributed by atoms with Gasteiger partial charge in [-0.15, -0.1) is 11.3 Å². The largest absolute Gasteiger partial charge is 0.337 e. The van der Waals surface area contributed by atoms with Crippen LogP contribution in [-0.4, -0.2) is 86.3 Å². The van der Waals surface area contributed by atoms with E-state index in [1.54, 1.807) is 12.1 Å². The minimum atomic E-state index is -3.82. The highest BCUT2D eigenvalue weighted by atomic mass is 35.5. The van der Waals surface area contributed by atoms with Crippen molar-refractivity contribution in [1.82, 2.24) is 19.4 Å². The lowest BCUT2D eigenvalue weighted by atomic mass is 10.1. The first-order chi connectivity index (χ1) is 16.3. The third kappa shape index (κ3) is 6.69. The molecule has 3 aliphatic heterocycles. The van der Waals surface area contributed by atoms with Gasteiger partial charge in [0.25, 0.3) is 0 Å². The first-order valence-electron chi connectivity index (χ1n) is 11.7. The maximum absolute atomic E-state index is 13.1. The highest BCUT2D eigenvalue weighted by Crippen LogP contribution is 2.23. The predicted molar refractivity (Wildman–Crippen MR) is 135 cm³/mol. The van der Waals surface area contributed by atoms with Gasteiger partial charge in [0.05, 0.1) is 10.9 Å². The Morgan fingerprint density at radius 1 is 1.18 bits per heavy atom. The summed E-state index contributed by atoms with van der Waals surface area (Å²) in [5.74, 6) is -0.394. The van der Waals surface area contributed by atoms with Crippen LogP contribution in [0.2, 0.25) is 4.34 Å². The lowest BCUT2D eigenvalue weighted by Gasteiger charge is -2.35. The molecule has 4 heterocycles. The molecule has 2 saturated heterocycles. The molecule has 1 aromatic rings. The van der Waals surface area contributed by atoms with E-state index in [1.807, 2.05) is 4.90 Å². The second-order valence-electron chi connectivity index (χ2n) is 8.96. The van der Waals surface area contributed by atoms with Crippen molar-refractivity contribution < 1.29 is 18.0 Å². The number of carbonyl (C=O) groups is 2. The van der Waals surface area contributed by atoms with E-state index in [0.717, 1.165) is 44.3 Å². The van der Waals surface area contributed by atoms with Crippen molar-refractivity contribution in [1.29, 1.82) is 0 Å². The van der Waals surface area contributed by atoms with Crippen LogP contribution in [0.25, 0.3) is 6.08 Å². The van der Waals surface area contributed by atoms with Crippen molar-refractivity contribution in [3.05, 3.63) is 38.9 Å². The molecular weight excluding hydrogens is 496 g/mol. The van der Waals surface area contributed by atoms with E-state index in [4.69, 9.17) is 11.6 Å². The second-order valence-corrected chi connectivity index (χ2v) is 12.3. The molecule has 1 N–H and O–H groups in total. The molecule has 2 fully saturated rings. The van der Waals surface area contributed by atoms with E-state index in [-0.39, 0.29) is 24.4 Å². The predicted octanol–water partition coefficient (Wildman–Crippen LogP) is 2.54. The van der Waals surface area contributed by atoms with Crippen molar-refractivity contribution in [3.8, 4) is 0 Å². The van der Waals surface area contributed by atoms with E-state index in [1.165, 1.54) is 22.3 Å². The van der Waals surface area contributed by atoms with Crippen LogP contribution in [0.15, 0.2) is 29.7 Å². The molecular formula is C23H31ClN4O4S2. The highest BCUT2D eigenvalue weighted by Gasteiger charge is 2.35. The zero-order chi connectivity index (χ0) is 24.1. The van der Waals surface area contributed by atoms with Crippen LogP contribution >= 0.6 is 22.9 Å². The van der Waals surface area contributed by atoms with Crippen molar-refractivity contribution in [2.45, 2.75) is 44.2 Å². The van der Waals surface area contributed by atoms with Gasteiger partial charge in [0.2, 0.25) is 21.8 Å². The molecule has 2 atom stereocenters. The Morgan fingerprint density at radius 2 is 2.00 bits per heavy atom. The van der Waals surface area contributed by atoms with Gasteiger partial charge in [-0.05, 0) is 50.3 Å². The second kappa shape index (κ2) is 11.3. The fourth-order valence-corrected chi connectivity index (χ4v) is 6.85. The standard InChI is InChI=1S/C23H31ClN4O4S2/c24-21-9-8-19(33-21)10-15-34(31,32)25-20-7-5-13-27(23(20)30)17-22(29)28-14-4-6-18(28)16-26-11-2-1-3-12-26/h1-2,8-10,15,18,20,25H,3-7,11-14,16-17H2/b15-10+. The number of rotatable bonds is 8. The molecule has 8 nitrogen and oxygen atoms in total. The SMILES string of the molecule is O=C1C(NS(=O)(=O)/C=C/c2ccc(Cl)s2)CCCN1CC(=O)N1CCCC1CN1CC=CCC1. The summed E-state index contributed by atoms with van der Waals surface area (Å²) in [6.07, 6.45) is 9.85. The number of thiophene rings is 1. The molecule has 1 aromatic heterocycles. The first-order valence-corrected chi connectivity index (χ1v) is 14.5. The minimum Gasteiger partial charge on any atom is -0.337 e. The first kappa shape index (κ1) is 25.4. The van der Waals surface area contributed by atoms with Crippen molar-refractivity contribution in [3.63, 3.8) is 0 Å². The lowest BCUT2D eigenvalue weighted by Crippen LogP contribution is -2.55. The molecule has 3 aliphatic rings. The van der Waals surface area contributed by atoms with E-state index in [9.17, 15) is 18.0 Å². The summed E-state index contributed by atoms with van der Waals surface area (Å²) in [5, 5.41) is 1.05. The van der Waals surface area contributed by atoms with Crippen LogP contribution in [0, 0.1) is 0 Å². The van der Waals surface area contributed by atoms with Gasteiger partial charge in [-0.2, -0.15) is 4.72 Å². The van der Waals surface area contributed by atoms with Crippen molar-refractivity contribution in [2.24, 2.45) is 0 Å².